The van der Waals surface area contributed by atoms with Crippen molar-refractivity contribution in [1.82, 2.24) is 0 Å². The van der Waals surface area contributed by atoms with Gasteiger partial charge in [0.25, 0.3) is 0 Å². The fourth-order valence-corrected chi connectivity index (χ4v) is 1.41. The van der Waals surface area contributed by atoms with Crippen molar-refractivity contribution in [3.8, 4) is 0 Å². The van der Waals surface area contributed by atoms with Crippen molar-refractivity contribution in [3.05, 3.63) is 23.8 Å². The van der Waals surface area contributed by atoms with E-state index in [9.17, 15) is 9.90 Å². The Kier molecular flexibility index (Phi) is 2.48. The quantitative estimate of drug-likeness (QED) is 0.599. The third-order valence-electron chi connectivity index (χ3n) is 2.31. The van der Waals surface area contributed by atoms with Gasteiger partial charge in [-0.3, -0.25) is 4.79 Å². The van der Waals surface area contributed by atoms with E-state index >= 15 is 0 Å². The van der Waals surface area contributed by atoms with Gasteiger partial charge in [0.1, 0.15) is 0 Å². The number of aliphatic hydroxyl groups excluding tert-OH is 1. The Labute approximate surface area is 72.6 Å². The predicted octanol–water partition coefficient (Wildman–Crippen LogP) is 1.46. The summed E-state index contributed by atoms with van der Waals surface area (Å²) in [5.74, 6) is 0.0366. The van der Waals surface area contributed by atoms with Crippen molar-refractivity contribution in [2.45, 2.75) is 26.4 Å². The Morgan fingerprint density at radius 1 is 1.75 bits per heavy atom. The summed E-state index contributed by atoms with van der Waals surface area (Å²) < 4.78 is 0. The largest absolute Gasteiger partial charge is 0.388 e. The van der Waals surface area contributed by atoms with Crippen molar-refractivity contribution >= 4 is 5.78 Å². The Morgan fingerprint density at radius 2 is 2.33 bits per heavy atom. The molecule has 0 fully saturated rings. The van der Waals surface area contributed by atoms with Gasteiger partial charge in [-0.15, -0.1) is 0 Å². The maximum atomic E-state index is 11.2. The summed E-state index contributed by atoms with van der Waals surface area (Å²) in [6.07, 6.45) is 1.49. The van der Waals surface area contributed by atoms with Crippen LogP contribution >= 0.6 is 0 Å². The lowest BCUT2D eigenvalue weighted by atomic mass is 9.83. The van der Waals surface area contributed by atoms with Crippen LogP contribution in [0.1, 0.15) is 20.3 Å². The van der Waals surface area contributed by atoms with E-state index in [1.54, 1.807) is 13.0 Å². The SMILES string of the molecule is C=C(C)C1CC(=O)C(C)=CC1O. The summed E-state index contributed by atoms with van der Waals surface area (Å²) >= 11 is 0. The molecule has 0 amide bonds. The van der Waals surface area contributed by atoms with Gasteiger partial charge < -0.3 is 5.11 Å². The van der Waals surface area contributed by atoms with Gasteiger partial charge in [-0.1, -0.05) is 12.2 Å². The van der Waals surface area contributed by atoms with Crippen molar-refractivity contribution in [3.63, 3.8) is 0 Å². The third-order valence-corrected chi connectivity index (χ3v) is 2.31. The van der Waals surface area contributed by atoms with E-state index in [1.807, 2.05) is 6.92 Å². The number of allylic oxidation sites excluding steroid dienone is 1. The molecular weight excluding hydrogens is 152 g/mol. The van der Waals surface area contributed by atoms with Crippen LogP contribution in [0.2, 0.25) is 0 Å². The van der Waals surface area contributed by atoms with Crippen LogP contribution in [0.25, 0.3) is 0 Å². The number of carbonyl (C=O) groups is 1. The Bertz CT molecular complexity index is 251. The molecule has 0 aromatic rings. The molecule has 2 heteroatoms. The fraction of sp³-hybridized carbons (Fsp3) is 0.500. The number of aliphatic hydroxyl groups is 1. The van der Waals surface area contributed by atoms with E-state index in [0.29, 0.717) is 12.0 Å². The highest BCUT2D eigenvalue weighted by molar-refractivity contribution is 5.96. The van der Waals surface area contributed by atoms with Crippen molar-refractivity contribution < 1.29 is 9.90 Å². The normalized spacial score (nSPS) is 29.9. The Hall–Kier alpha value is -0.890. The molecule has 66 valence electrons. The minimum Gasteiger partial charge on any atom is -0.388 e. The highest BCUT2D eigenvalue weighted by Crippen LogP contribution is 2.25. The van der Waals surface area contributed by atoms with Gasteiger partial charge in [-0.05, 0) is 25.5 Å². The van der Waals surface area contributed by atoms with Crippen LogP contribution in [0.5, 0.6) is 0 Å². The zero-order valence-corrected chi connectivity index (χ0v) is 7.50. The van der Waals surface area contributed by atoms with Crippen LogP contribution in [-0.2, 0) is 4.79 Å². The van der Waals surface area contributed by atoms with E-state index in [-0.39, 0.29) is 11.7 Å². The first-order chi connectivity index (χ1) is 5.52. The van der Waals surface area contributed by atoms with Crippen LogP contribution in [0.4, 0.5) is 0 Å². The number of ketones is 1. The molecule has 0 radical (unpaired) electrons. The maximum absolute atomic E-state index is 11.2. The van der Waals surface area contributed by atoms with Crippen LogP contribution in [0.3, 0.4) is 0 Å². The van der Waals surface area contributed by atoms with Gasteiger partial charge in [-0.25, -0.2) is 0 Å². The molecule has 2 nitrogen and oxygen atoms in total. The van der Waals surface area contributed by atoms with Crippen LogP contribution in [0.15, 0.2) is 23.8 Å². The topological polar surface area (TPSA) is 37.3 Å². The van der Waals surface area contributed by atoms with E-state index in [4.69, 9.17) is 0 Å². The highest BCUT2D eigenvalue weighted by atomic mass is 16.3. The van der Waals surface area contributed by atoms with E-state index in [2.05, 4.69) is 6.58 Å². The molecule has 1 rings (SSSR count). The van der Waals surface area contributed by atoms with Gasteiger partial charge in [0.2, 0.25) is 0 Å². The minimum atomic E-state index is -0.528. The standard InChI is InChI=1S/C10H14O2/c1-6(2)8-5-9(11)7(3)4-10(8)12/h4,8,10,12H,1,5H2,2-3H3. The summed E-state index contributed by atoms with van der Waals surface area (Å²) in [4.78, 5) is 11.2. The van der Waals surface area contributed by atoms with Gasteiger partial charge in [-0.2, -0.15) is 0 Å². The summed E-state index contributed by atoms with van der Waals surface area (Å²) in [6, 6.07) is 0. The summed E-state index contributed by atoms with van der Waals surface area (Å²) in [7, 11) is 0. The molecule has 1 aliphatic carbocycles. The van der Waals surface area contributed by atoms with Crippen LogP contribution in [-0.4, -0.2) is 17.0 Å². The van der Waals surface area contributed by atoms with Gasteiger partial charge >= 0.3 is 0 Å². The lowest BCUT2D eigenvalue weighted by Crippen LogP contribution is -2.27. The number of carbonyl (C=O) groups excluding carboxylic acids is 1. The smallest absolute Gasteiger partial charge is 0.159 e. The number of Topliss-reactive ketones (excluding diaryl/α,β-unsaturated/α-hetero) is 1. The highest BCUT2D eigenvalue weighted by Gasteiger charge is 2.26. The molecule has 0 aromatic carbocycles. The molecule has 12 heavy (non-hydrogen) atoms. The molecule has 2 unspecified atom stereocenters. The van der Waals surface area contributed by atoms with Crippen molar-refractivity contribution in [2.75, 3.05) is 0 Å². The fourth-order valence-electron chi connectivity index (χ4n) is 1.41. The third kappa shape index (κ3) is 1.64. The molecule has 1 N–H and O–H groups in total. The first-order valence-corrected chi connectivity index (χ1v) is 4.07. The molecule has 2 atom stereocenters. The summed E-state index contributed by atoms with van der Waals surface area (Å²) in [5, 5.41) is 9.54. The predicted molar refractivity (Wildman–Crippen MR) is 47.7 cm³/mol. The van der Waals surface area contributed by atoms with Crippen LogP contribution < -0.4 is 0 Å². The maximum Gasteiger partial charge on any atom is 0.159 e. The second-order valence-electron chi connectivity index (χ2n) is 3.42. The average molecular weight is 166 g/mol. The average Bonchev–Trinajstić information content (AvgIpc) is 1.96. The summed E-state index contributed by atoms with van der Waals surface area (Å²) in [6.45, 7) is 7.33. The molecule has 0 saturated heterocycles. The molecule has 0 heterocycles. The van der Waals surface area contributed by atoms with Gasteiger partial charge in [0, 0.05) is 12.3 Å². The zero-order valence-electron chi connectivity index (χ0n) is 7.50. The van der Waals surface area contributed by atoms with Crippen LogP contribution in [0, 0.1) is 5.92 Å². The number of hydrogen-bond donors (Lipinski definition) is 1. The molecule has 0 saturated carbocycles. The molecule has 1 aliphatic rings. The Morgan fingerprint density at radius 3 is 2.83 bits per heavy atom. The molecule has 0 bridgehead atoms. The van der Waals surface area contributed by atoms with E-state index < -0.39 is 6.10 Å². The van der Waals surface area contributed by atoms with Gasteiger partial charge in [0.05, 0.1) is 6.10 Å². The number of rotatable bonds is 1. The molecule has 0 aromatic heterocycles. The second kappa shape index (κ2) is 3.23. The molecule has 0 aliphatic heterocycles. The monoisotopic (exact) mass is 166 g/mol. The second-order valence-corrected chi connectivity index (χ2v) is 3.42. The first kappa shape index (κ1) is 9.20. The zero-order chi connectivity index (χ0) is 9.30. The minimum absolute atomic E-state index is 0.0822. The lowest BCUT2D eigenvalue weighted by Gasteiger charge is -2.24. The van der Waals surface area contributed by atoms with Crippen molar-refractivity contribution in [1.29, 1.82) is 0 Å². The summed E-state index contributed by atoms with van der Waals surface area (Å²) in [5.41, 5.74) is 1.54. The molecule has 0 spiro atoms. The Balaban J connectivity index is 2.86. The van der Waals surface area contributed by atoms with Gasteiger partial charge in [0.15, 0.2) is 5.78 Å². The van der Waals surface area contributed by atoms with E-state index in [1.165, 1.54) is 0 Å². The van der Waals surface area contributed by atoms with E-state index in [0.717, 1.165) is 5.57 Å². The lowest BCUT2D eigenvalue weighted by molar-refractivity contribution is -0.117. The molecular formula is C10H14O2. The van der Waals surface area contributed by atoms with Crippen molar-refractivity contribution in [2.24, 2.45) is 5.92 Å². The number of hydrogen-bond acceptors (Lipinski definition) is 2. The first-order valence-electron chi connectivity index (χ1n) is 4.07.